The first-order valence-corrected chi connectivity index (χ1v) is 7.29. The van der Waals surface area contributed by atoms with E-state index in [4.69, 9.17) is 10.5 Å². The van der Waals surface area contributed by atoms with Crippen molar-refractivity contribution >= 4 is 0 Å². The van der Waals surface area contributed by atoms with Crippen molar-refractivity contribution in [3.05, 3.63) is 35.4 Å². The standard InChI is InChI=1S/C16H23NO/c17-16(10-2-1-3-11-16)14-8-6-13(7-9-14)15-5-4-12-18-15/h6-9,15H,1-5,10-12,17H2. The number of hydrogen-bond donors (Lipinski definition) is 1. The van der Waals surface area contributed by atoms with Crippen LogP contribution < -0.4 is 5.73 Å². The highest BCUT2D eigenvalue weighted by Crippen LogP contribution is 2.36. The van der Waals surface area contributed by atoms with Gasteiger partial charge in [-0.05, 0) is 36.8 Å². The third-order valence-electron chi connectivity index (χ3n) is 4.53. The van der Waals surface area contributed by atoms with Crippen molar-refractivity contribution in [3.8, 4) is 0 Å². The summed E-state index contributed by atoms with van der Waals surface area (Å²) in [5, 5.41) is 0. The van der Waals surface area contributed by atoms with Crippen LogP contribution in [0.4, 0.5) is 0 Å². The van der Waals surface area contributed by atoms with Crippen LogP contribution in [0.2, 0.25) is 0 Å². The summed E-state index contributed by atoms with van der Waals surface area (Å²) < 4.78 is 5.72. The predicted octanol–water partition coefficient (Wildman–Crippen LogP) is 3.66. The molecule has 1 unspecified atom stereocenters. The summed E-state index contributed by atoms with van der Waals surface area (Å²) in [6.07, 6.45) is 8.80. The molecule has 2 heteroatoms. The zero-order chi connectivity index (χ0) is 12.4. The molecule has 0 bridgehead atoms. The molecule has 1 atom stereocenters. The van der Waals surface area contributed by atoms with E-state index in [-0.39, 0.29) is 5.54 Å². The molecule has 2 fully saturated rings. The fourth-order valence-electron chi connectivity index (χ4n) is 3.34. The van der Waals surface area contributed by atoms with Crippen molar-refractivity contribution in [2.45, 2.75) is 56.6 Å². The van der Waals surface area contributed by atoms with Crippen LogP contribution in [0.1, 0.15) is 62.2 Å². The van der Waals surface area contributed by atoms with Crippen LogP contribution in [-0.4, -0.2) is 6.61 Å². The van der Waals surface area contributed by atoms with Crippen LogP contribution in [0, 0.1) is 0 Å². The summed E-state index contributed by atoms with van der Waals surface area (Å²) >= 11 is 0. The summed E-state index contributed by atoms with van der Waals surface area (Å²) in [7, 11) is 0. The largest absolute Gasteiger partial charge is 0.374 e. The fourth-order valence-corrected chi connectivity index (χ4v) is 3.34. The second kappa shape index (κ2) is 5.02. The van der Waals surface area contributed by atoms with Gasteiger partial charge in [0.25, 0.3) is 0 Å². The molecule has 0 spiro atoms. The Morgan fingerprint density at radius 3 is 2.33 bits per heavy atom. The van der Waals surface area contributed by atoms with Gasteiger partial charge in [-0.25, -0.2) is 0 Å². The molecule has 1 aliphatic heterocycles. The number of rotatable bonds is 2. The van der Waals surface area contributed by atoms with Gasteiger partial charge in [-0.1, -0.05) is 43.5 Å². The zero-order valence-corrected chi connectivity index (χ0v) is 11.0. The van der Waals surface area contributed by atoms with Crippen LogP contribution in [0.5, 0.6) is 0 Å². The Morgan fingerprint density at radius 2 is 1.72 bits per heavy atom. The van der Waals surface area contributed by atoms with Crippen molar-refractivity contribution < 1.29 is 4.74 Å². The first kappa shape index (κ1) is 12.2. The molecule has 2 nitrogen and oxygen atoms in total. The maximum Gasteiger partial charge on any atom is 0.0825 e. The van der Waals surface area contributed by atoms with E-state index in [0.29, 0.717) is 6.10 Å². The van der Waals surface area contributed by atoms with E-state index in [1.807, 2.05) is 0 Å². The molecule has 3 rings (SSSR count). The molecule has 2 aliphatic rings. The van der Waals surface area contributed by atoms with Gasteiger partial charge in [-0.2, -0.15) is 0 Å². The quantitative estimate of drug-likeness (QED) is 0.863. The zero-order valence-electron chi connectivity index (χ0n) is 11.0. The first-order chi connectivity index (χ1) is 8.78. The Bertz CT molecular complexity index is 386. The highest BCUT2D eigenvalue weighted by atomic mass is 16.5. The lowest BCUT2D eigenvalue weighted by molar-refractivity contribution is 0.112. The molecule has 1 aliphatic carbocycles. The molecule has 1 heterocycles. The molecule has 1 aromatic carbocycles. The fraction of sp³-hybridized carbons (Fsp3) is 0.625. The van der Waals surface area contributed by atoms with E-state index in [0.717, 1.165) is 25.9 Å². The lowest BCUT2D eigenvalue weighted by Gasteiger charge is -2.34. The maximum absolute atomic E-state index is 6.55. The number of nitrogens with two attached hydrogens (primary N) is 1. The normalized spacial score (nSPS) is 27.3. The molecule has 18 heavy (non-hydrogen) atoms. The first-order valence-electron chi connectivity index (χ1n) is 7.29. The Hall–Kier alpha value is -0.860. The van der Waals surface area contributed by atoms with Gasteiger partial charge in [0, 0.05) is 12.1 Å². The van der Waals surface area contributed by atoms with E-state index in [2.05, 4.69) is 24.3 Å². The van der Waals surface area contributed by atoms with Crippen LogP contribution >= 0.6 is 0 Å². The SMILES string of the molecule is NC1(c2ccc(C3CCCO3)cc2)CCCCC1. The van der Waals surface area contributed by atoms with Crippen LogP contribution in [-0.2, 0) is 10.3 Å². The van der Waals surface area contributed by atoms with Crippen molar-refractivity contribution in [1.82, 2.24) is 0 Å². The second-order valence-electron chi connectivity index (χ2n) is 5.84. The summed E-state index contributed by atoms with van der Waals surface area (Å²) in [6.45, 7) is 0.910. The highest BCUT2D eigenvalue weighted by molar-refractivity contribution is 5.30. The summed E-state index contributed by atoms with van der Waals surface area (Å²) in [6, 6.07) is 8.88. The minimum absolute atomic E-state index is 0.0761. The average Bonchev–Trinajstić information content (AvgIpc) is 2.94. The van der Waals surface area contributed by atoms with Gasteiger partial charge in [0.1, 0.15) is 0 Å². The van der Waals surface area contributed by atoms with Crippen molar-refractivity contribution in [2.24, 2.45) is 5.73 Å². The molecule has 1 saturated heterocycles. The molecule has 0 aromatic heterocycles. The minimum atomic E-state index is -0.0761. The minimum Gasteiger partial charge on any atom is -0.374 e. The lowest BCUT2D eigenvalue weighted by Crippen LogP contribution is -2.38. The van der Waals surface area contributed by atoms with Crippen LogP contribution in [0.25, 0.3) is 0 Å². The molecule has 0 amide bonds. The Balaban J connectivity index is 1.77. The lowest BCUT2D eigenvalue weighted by atomic mass is 9.77. The van der Waals surface area contributed by atoms with Gasteiger partial charge in [0.2, 0.25) is 0 Å². The van der Waals surface area contributed by atoms with Crippen molar-refractivity contribution in [3.63, 3.8) is 0 Å². The van der Waals surface area contributed by atoms with Gasteiger partial charge < -0.3 is 10.5 Å². The molecule has 1 saturated carbocycles. The van der Waals surface area contributed by atoms with E-state index in [1.165, 1.54) is 36.8 Å². The van der Waals surface area contributed by atoms with E-state index in [9.17, 15) is 0 Å². The Kier molecular flexibility index (Phi) is 3.40. The third kappa shape index (κ3) is 2.32. The molecular weight excluding hydrogens is 222 g/mol. The van der Waals surface area contributed by atoms with Gasteiger partial charge in [-0.3, -0.25) is 0 Å². The van der Waals surface area contributed by atoms with Crippen molar-refractivity contribution in [2.75, 3.05) is 6.61 Å². The predicted molar refractivity (Wildman–Crippen MR) is 73.3 cm³/mol. The summed E-state index contributed by atoms with van der Waals surface area (Å²) in [5.74, 6) is 0. The van der Waals surface area contributed by atoms with Gasteiger partial charge in [0.05, 0.1) is 6.10 Å². The van der Waals surface area contributed by atoms with E-state index in [1.54, 1.807) is 0 Å². The van der Waals surface area contributed by atoms with Crippen molar-refractivity contribution in [1.29, 1.82) is 0 Å². The summed E-state index contributed by atoms with van der Waals surface area (Å²) in [4.78, 5) is 0. The number of hydrogen-bond acceptors (Lipinski definition) is 2. The maximum atomic E-state index is 6.55. The smallest absolute Gasteiger partial charge is 0.0825 e. The second-order valence-corrected chi connectivity index (χ2v) is 5.84. The molecule has 0 radical (unpaired) electrons. The molecule has 2 N–H and O–H groups in total. The van der Waals surface area contributed by atoms with Gasteiger partial charge in [0.15, 0.2) is 0 Å². The highest BCUT2D eigenvalue weighted by Gasteiger charge is 2.29. The average molecular weight is 245 g/mol. The van der Waals surface area contributed by atoms with E-state index < -0.39 is 0 Å². The molecular formula is C16H23NO. The van der Waals surface area contributed by atoms with Gasteiger partial charge >= 0.3 is 0 Å². The molecule has 98 valence electrons. The van der Waals surface area contributed by atoms with E-state index >= 15 is 0 Å². The summed E-state index contributed by atoms with van der Waals surface area (Å²) in [5.41, 5.74) is 9.10. The Morgan fingerprint density at radius 1 is 1.00 bits per heavy atom. The van der Waals surface area contributed by atoms with Gasteiger partial charge in [-0.15, -0.1) is 0 Å². The van der Waals surface area contributed by atoms with Crippen LogP contribution in [0.15, 0.2) is 24.3 Å². The Labute approximate surface area is 110 Å². The molecule has 1 aromatic rings. The van der Waals surface area contributed by atoms with Crippen LogP contribution in [0.3, 0.4) is 0 Å². The number of ether oxygens (including phenoxy) is 1. The third-order valence-corrected chi connectivity index (χ3v) is 4.53. The number of benzene rings is 1. The topological polar surface area (TPSA) is 35.2 Å². The monoisotopic (exact) mass is 245 g/mol.